The lowest BCUT2D eigenvalue weighted by molar-refractivity contribution is -0.914. The Labute approximate surface area is 90.6 Å². The van der Waals surface area contributed by atoms with Gasteiger partial charge in [-0.2, -0.15) is 5.10 Å². The monoisotopic (exact) mass is 204 g/mol. The topological polar surface area (TPSA) is 42.8 Å². The maximum absolute atomic E-state index is 5.28. The largest absolute Gasteiger partial charge is 0.331 e. The van der Waals surface area contributed by atoms with Crippen LogP contribution in [0.2, 0.25) is 0 Å². The second-order valence-electron chi connectivity index (χ2n) is 4.11. The van der Waals surface area contributed by atoms with E-state index in [2.05, 4.69) is 35.4 Å². The number of hydrogen-bond donors (Lipinski definition) is 2. The molecular weight excluding hydrogens is 186 g/mol. The van der Waals surface area contributed by atoms with Crippen molar-refractivity contribution >= 4 is 5.71 Å². The number of likely N-dealkylation sites (tertiary alicyclic amines) is 1. The summed E-state index contributed by atoms with van der Waals surface area (Å²) < 4.78 is 0. The number of hydrazone groups is 1. The zero-order chi connectivity index (χ0) is 10.5. The smallest absolute Gasteiger partial charge is 0.103 e. The second kappa shape index (κ2) is 4.94. The van der Waals surface area contributed by atoms with E-state index in [1.54, 1.807) is 4.90 Å². The summed E-state index contributed by atoms with van der Waals surface area (Å²) in [6, 6.07) is 10.7. The minimum absolute atomic E-state index is 1.05. The maximum Gasteiger partial charge on any atom is 0.103 e. The molecule has 1 saturated heterocycles. The van der Waals surface area contributed by atoms with Crippen LogP contribution in [-0.4, -0.2) is 18.8 Å². The Kier molecular flexibility index (Phi) is 3.35. The summed E-state index contributed by atoms with van der Waals surface area (Å²) in [4.78, 5) is 1.63. The van der Waals surface area contributed by atoms with Gasteiger partial charge < -0.3 is 10.7 Å². The molecule has 1 aliphatic rings. The summed E-state index contributed by atoms with van der Waals surface area (Å²) in [5, 5.41) is 3.79. The number of piperidine rings is 1. The highest BCUT2D eigenvalue weighted by Crippen LogP contribution is 1.98. The number of benzene rings is 1. The van der Waals surface area contributed by atoms with E-state index in [-0.39, 0.29) is 0 Å². The maximum atomic E-state index is 5.28. The molecule has 0 aliphatic carbocycles. The van der Waals surface area contributed by atoms with E-state index in [0.717, 1.165) is 32.5 Å². The Bertz CT molecular complexity index is 322. The summed E-state index contributed by atoms with van der Waals surface area (Å²) in [6.45, 7) is 3.44. The predicted octanol–water partition coefficient (Wildman–Crippen LogP) is 0.180. The third kappa shape index (κ3) is 2.80. The van der Waals surface area contributed by atoms with Crippen LogP contribution >= 0.6 is 0 Å². The molecule has 1 aromatic carbocycles. The predicted molar refractivity (Wildman–Crippen MR) is 61.7 cm³/mol. The summed E-state index contributed by atoms with van der Waals surface area (Å²) in [5.74, 6) is 5.28. The van der Waals surface area contributed by atoms with Crippen LogP contribution in [0.3, 0.4) is 0 Å². The number of rotatable bonds is 2. The van der Waals surface area contributed by atoms with E-state index < -0.39 is 0 Å². The molecule has 2 rings (SSSR count). The fourth-order valence-electron chi connectivity index (χ4n) is 2.08. The first-order valence-electron chi connectivity index (χ1n) is 5.51. The third-order valence-corrected chi connectivity index (χ3v) is 3.01. The van der Waals surface area contributed by atoms with E-state index in [4.69, 9.17) is 5.84 Å². The Morgan fingerprint density at radius 3 is 2.40 bits per heavy atom. The van der Waals surface area contributed by atoms with E-state index >= 15 is 0 Å². The SMILES string of the molecule is NN=C1CC[NH+](Cc2ccccc2)CC1. The van der Waals surface area contributed by atoms with E-state index in [0.29, 0.717) is 0 Å². The molecule has 0 spiro atoms. The van der Waals surface area contributed by atoms with Gasteiger partial charge in [0.15, 0.2) is 0 Å². The van der Waals surface area contributed by atoms with Gasteiger partial charge in [-0.25, -0.2) is 0 Å². The summed E-state index contributed by atoms with van der Waals surface area (Å²) in [5.41, 5.74) is 2.59. The number of hydrogen-bond acceptors (Lipinski definition) is 2. The number of quaternary nitrogens is 1. The molecule has 80 valence electrons. The van der Waals surface area contributed by atoms with Crippen molar-refractivity contribution in [2.75, 3.05) is 13.1 Å². The Morgan fingerprint density at radius 2 is 1.80 bits per heavy atom. The summed E-state index contributed by atoms with van der Waals surface area (Å²) >= 11 is 0. The van der Waals surface area contributed by atoms with Gasteiger partial charge in [-0.1, -0.05) is 30.3 Å². The Hall–Kier alpha value is -1.35. The number of nitrogens with two attached hydrogens (primary N) is 1. The van der Waals surface area contributed by atoms with E-state index in [1.807, 2.05) is 0 Å². The molecule has 1 aliphatic heterocycles. The molecule has 3 nitrogen and oxygen atoms in total. The van der Waals surface area contributed by atoms with Crippen LogP contribution in [-0.2, 0) is 6.54 Å². The van der Waals surface area contributed by atoms with Gasteiger partial charge >= 0.3 is 0 Å². The summed E-state index contributed by atoms with van der Waals surface area (Å²) in [7, 11) is 0. The second-order valence-corrected chi connectivity index (χ2v) is 4.11. The molecule has 0 unspecified atom stereocenters. The lowest BCUT2D eigenvalue weighted by Crippen LogP contribution is -3.11. The molecule has 0 atom stereocenters. The van der Waals surface area contributed by atoms with Gasteiger partial charge in [0.1, 0.15) is 6.54 Å². The van der Waals surface area contributed by atoms with Gasteiger partial charge in [-0.15, -0.1) is 0 Å². The van der Waals surface area contributed by atoms with Gasteiger partial charge in [0.25, 0.3) is 0 Å². The molecule has 0 radical (unpaired) electrons. The third-order valence-electron chi connectivity index (χ3n) is 3.01. The Morgan fingerprint density at radius 1 is 1.13 bits per heavy atom. The molecule has 15 heavy (non-hydrogen) atoms. The quantitative estimate of drug-likeness (QED) is 0.524. The zero-order valence-electron chi connectivity index (χ0n) is 8.95. The van der Waals surface area contributed by atoms with Crippen LogP contribution in [0.15, 0.2) is 35.4 Å². The molecule has 0 bridgehead atoms. The standard InChI is InChI=1S/C12H17N3/c13-14-12-6-8-15(9-7-12)10-11-4-2-1-3-5-11/h1-5H,6-10,13H2/p+1. The van der Waals surface area contributed by atoms with Crippen molar-refractivity contribution in [3.05, 3.63) is 35.9 Å². The molecule has 0 amide bonds. The Balaban J connectivity index is 1.87. The van der Waals surface area contributed by atoms with Crippen molar-refractivity contribution < 1.29 is 4.90 Å². The van der Waals surface area contributed by atoms with Crippen molar-refractivity contribution in [2.45, 2.75) is 19.4 Å². The normalized spacial score (nSPS) is 21.3. The van der Waals surface area contributed by atoms with Crippen LogP contribution in [0.5, 0.6) is 0 Å². The van der Waals surface area contributed by atoms with Gasteiger partial charge in [-0.3, -0.25) is 0 Å². The van der Waals surface area contributed by atoms with E-state index in [1.165, 1.54) is 11.3 Å². The fourth-order valence-corrected chi connectivity index (χ4v) is 2.08. The van der Waals surface area contributed by atoms with Gasteiger partial charge in [-0.05, 0) is 0 Å². The zero-order valence-corrected chi connectivity index (χ0v) is 8.95. The molecule has 3 heteroatoms. The van der Waals surface area contributed by atoms with Gasteiger partial charge in [0.2, 0.25) is 0 Å². The highest BCUT2D eigenvalue weighted by atomic mass is 15.2. The van der Waals surface area contributed by atoms with Crippen LogP contribution in [0.1, 0.15) is 18.4 Å². The lowest BCUT2D eigenvalue weighted by atomic mass is 10.1. The lowest BCUT2D eigenvalue weighted by Gasteiger charge is -2.24. The first kappa shape index (κ1) is 10.2. The average Bonchev–Trinajstić information content (AvgIpc) is 2.31. The van der Waals surface area contributed by atoms with Crippen molar-refractivity contribution in [2.24, 2.45) is 10.9 Å². The van der Waals surface area contributed by atoms with Gasteiger partial charge in [0, 0.05) is 24.1 Å². The van der Waals surface area contributed by atoms with Crippen molar-refractivity contribution in [1.29, 1.82) is 0 Å². The van der Waals surface area contributed by atoms with Crippen LogP contribution < -0.4 is 10.7 Å². The molecule has 1 fully saturated rings. The fraction of sp³-hybridized carbons (Fsp3) is 0.417. The molecule has 1 aromatic rings. The number of nitrogens with zero attached hydrogens (tertiary/aromatic N) is 1. The van der Waals surface area contributed by atoms with Crippen molar-refractivity contribution in [3.63, 3.8) is 0 Å². The van der Waals surface area contributed by atoms with Crippen molar-refractivity contribution in [3.8, 4) is 0 Å². The van der Waals surface area contributed by atoms with E-state index in [9.17, 15) is 0 Å². The highest BCUT2D eigenvalue weighted by Gasteiger charge is 2.17. The summed E-state index contributed by atoms with van der Waals surface area (Å²) in [6.07, 6.45) is 2.11. The molecule has 0 saturated carbocycles. The van der Waals surface area contributed by atoms with Gasteiger partial charge in [0.05, 0.1) is 13.1 Å². The van der Waals surface area contributed by atoms with Crippen LogP contribution in [0, 0.1) is 0 Å². The van der Waals surface area contributed by atoms with Crippen molar-refractivity contribution in [1.82, 2.24) is 0 Å². The highest BCUT2D eigenvalue weighted by molar-refractivity contribution is 5.84. The average molecular weight is 204 g/mol. The van der Waals surface area contributed by atoms with Crippen LogP contribution in [0.4, 0.5) is 0 Å². The van der Waals surface area contributed by atoms with Crippen LogP contribution in [0.25, 0.3) is 0 Å². The minimum Gasteiger partial charge on any atom is -0.331 e. The molecule has 0 aromatic heterocycles. The minimum atomic E-state index is 1.05. The molecule has 3 N–H and O–H groups in total. The first-order chi connectivity index (χ1) is 7.38. The first-order valence-corrected chi connectivity index (χ1v) is 5.51. The molecule has 1 heterocycles. The number of nitrogens with one attached hydrogen (secondary N) is 1. The molecular formula is C12H18N3+.